The molecule has 0 aromatic heterocycles. The lowest BCUT2D eigenvalue weighted by atomic mass is 10.1. The minimum atomic E-state index is -0.387. The third-order valence-electron chi connectivity index (χ3n) is 3.49. The zero-order valence-electron chi connectivity index (χ0n) is 11.5. The molecule has 19 heavy (non-hydrogen) atoms. The van der Waals surface area contributed by atoms with Crippen LogP contribution in [0.4, 0.5) is 0 Å². The third kappa shape index (κ3) is 3.41. The van der Waals surface area contributed by atoms with Gasteiger partial charge in [0.15, 0.2) is 0 Å². The topological polar surface area (TPSA) is 38.8 Å². The van der Waals surface area contributed by atoms with Gasteiger partial charge >= 0.3 is 0 Å². The molecule has 0 amide bonds. The molecule has 4 heteroatoms. The van der Waals surface area contributed by atoms with Crippen LogP contribution >= 0.6 is 0 Å². The van der Waals surface area contributed by atoms with Gasteiger partial charge in [0.05, 0.1) is 12.6 Å². The predicted molar refractivity (Wildman–Crippen MR) is 72.5 cm³/mol. The highest BCUT2D eigenvalue weighted by Gasteiger charge is 2.32. The van der Waals surface area contributed by atoms with Crippen LogP contribution in [0.3, 0.4) is 0 Å². The lowest BCUT2D eigenvalue weighted by Crippen LogP contribution is -2.51. The van der Waals surface area contributed by atoms with Gasteiger partial charge in [-0.1, -0.05) is 37.3 Å². The molecule has 0 bridgehead atoms. The molecule has 0 aliphatic carbocycles. The Balaban J connectivity index is 2.02. The molecule has 1 heterocycles. The second kappa shape index (κ2) is 6.80. The van der Waals surface area contributed by atoms with E-state index in [1.807, 2.05) is 49.2 Å². The molecule has 1 aliphatic rings. The molecular weight excluding hydrogens is 242 g/mol. The van der Waals surface area contributed by atoms with Crippen molar-refractivity contribution < 1.29 is 14.4 Å². The van der Waals surface area contributed by atoms with E-state index in [4.69, 9.17) is 9.57 Å². The first-order valence-electron chi connectivity index (χ1n) is 6.81. The number of ether oxygens (including phenoxy) is 1. The Morgan fingerprint density at radius 2 is 2.21 bits per heavy atom. The molecule has 0 N–H and O–H groups in total. The molecule has 1 aromatic carbocycles. The number of benzene rings is 1. The van der Waals surface area contributed by atoms with E-state index in [9.17, 15) is 4.79 Å². The zero-order chi connectivity index (χ0) is 13.7. The van der Waals surface area contributed by atoms with E-state index < -0.39 is 0 Å². The summed E-state index contributed by atoms with van der Waals surface area (Å²) in [6, 6.07) is 10.1. The van der Waals surface area contributed by atoms with Gasteiger partial charge in [-0.15, -0.1) is 0 Å². The van der Waals surface area contributed by atoms with Gasteiger partial charge < -0.3 is 9.53 Å². The lowest BCUT2D eigenvalue weighted by Gasteiger charge is -2.39. The summed E-state index contributed by atoms with van der Waals surface area (Å²) in [4.78, 5) is 17.0. The minimum absolute atomic E-state index is 0.00240. The van der Waals surface area contributed by atoms with Crippen molar-refractivity contribution in [2.75, 3.05) is 13.2 Å². The third-order valence-corrected chi connectivity index (χ3v) is 3.49. The van der Waals surface area contributed by atoms with Gasteiger partial charge in [-0.05, 0) is 18.9 Å². The molecule has 1 aliphatic heterocycles. The summed E-state index contributed by atoms with van der Waals surface area (Å²) in [7, 11) is 0. The summed E-state index contributed by atoms with van der Waals surface area (Å²) < 4.78 is 5.46. The highest BCUT2D eigenvalue weighted by molar-refractivity contribution is 5.57. The smallest absolute Gasteiger partial charge is 0.150 e. The SMILES string of the molecule is CCC1C(C=O)OCCN1OC(C)c1ccccc1. The summed E-state index contributed by atoms with van der Waals surface area (Å²) in [5.41, 5.74) is 1.13. The van der Waals surface area contributed by atoms with Crippen molar-refractivity contribution in [3.05, 3.63) is 35.9 Å². The van der Waals surface area contributed by atoms with E-state index in [2.05, 4.69) is 0 Å². The van der Waals surface area contributed by atoms with Crippen LogP contribution in [0, 0.1) is 0 Å². The maximum atomic E-state index is 11.0. The summed E-state index contributed by atoms with van der Waals surface area (Å²) in [6.07, 6.45) is 1.28. The number of hydrogen-bond acceptors (Lipinski definition) is 4. The van der Waals surface area contributed by atoms with Crippen LogP contribution in [0.15, 0.2) is 30.3 Å². The fourth-order valence-electron chi connectivity index (χ4n) is 2.40. The quantitative estimate of drug-likeness (QED) is 0.764. The fourth-order valence-corrected chi connectivity index (χ4v) is 2.40. The van der Waals surface area contributed by atoms with Crippen LogP contribution in [0.1, 0.15) is 31.9 Å². The van der Waals surface area contributed by atoms with Crippen molar-refractivity contribution in [2.45, 2.75) is 38.5 Å². The molecule has 2 rings (SSSR count). The Morgan fingerprint density at radius 3 is 2.84 bits per heavy atom. The van der Waals surface area contributed by atoms with Crippen LogP contribution < -0.4 is 0 Å². The molecule has 3 atom stereocenters. The Kier molecular flexibility index (Phi) is 5.07. The molecule has 1 fully saturated rings. The first kappa shape index (κ1) is 14.2. The Bertz CT molecular complexity index is 396. The van der Waals surface area contributed by atoms with Gasteiger partial charge in [0.1, 0.15) is 18.5 Å². The summed E-state index contributed by atoms with van der Waals surface area (Å²) in [5, 5.41) is 1.90. The molecule has 104 valence electrons. The molecule has 1 aromatic rings. The van der Waals surface area contributed by atoms with Gasteiger partial charge in [-0.3, -0.25) is 4.84 Å². The summed E-state index contributed by atoms with van der Waals surface area (Å²) in [5.74, 6) is 0. The van der Waals surface area contributed by atoms with Gasteiger partial charge in [0, 0.05) is 6.54 Å². The van der Waals surface area contributed by atoms with Crippen molar-refractivity contribution in [1.82, 2.24) is 5.06 Å². The Hall–Kier alpha value is -1.23. The maximum Gasteiger partial charge on any atom is 0.150 e. The fraction of sp³-hybridized carbons (Fsp3) is 0.533. The van der Waals surface area contributed by atoms with Gasteiger partial charge in [-0.2, -0.15) is 5.06 Å². The van der Waals surface area contributed by atoms with Crippen molar-refractivity contribution in [3.8, 4) is 0 Å². The lowest BCUT2D eigenvalue weighted by molar-refractivity contribution is -0.263. The molecule has 0 spiro atoms. The van der Waals surface area contributed by atoms with E-state index in [-0.39, 0.29) is 18.2 Å². The Labute approximate surface area is 114 Å². The molecule has 4 nitrogen and oxygen atoms in total. The van der Waals surface area contributed by atoms with Crippen molar-refractivity contribution >= 4 is 6.29 Å². The van der Waals surface area contributed by atoms with Crippen LogP contribution in [-0.4, -0.2) is 36.6 Å². The van der Waals surface area contributed by atoms with Crippen molar-refractivity contribution in [2.24, 2.45) is 0 Å². The largest absolute Gasteiger partial charge is 0.368 e. The van der Waals surface area contributed by atoms with E-state index in [0.717, 1.165) is 18.3 Å². The summed E-state index contributed by atoms with van der Waals surface area (Å²) in [6.45, 7) is 5.29. The number of aldehydes is 1. The second-order valence-corrected chi connectivity index (χ2v) is 4.75. The molecule has 1 saturated heterocycles. The van der Waals surface area contributed by atoms with Gasteiger partial charge in [0.25, 0.3) is 0 Å². The first-order valence-corrected chi connectivity index (χ1v) is 6.81. The van der Waals surface area contributed by atoms with Crippen LogP contribution in [-0.2, 0) is 14.4 Å². The molecular formula is C15H21NO3. The van der Waals surface area contributed by atoms with Gasteiger partial charge in [0.2, 0.25) is 0 Å². The molecule has 3 unspecified atom stereocenters. The number of nitrogens with zero attached hydrogens (tertiary/aromatic N) is 1. The van der Waals surface area contributed by atoms with Crippen molar-refractivity contribution in [3.63, 3.8) is 0 Å². The standard InChI is InChI=1S/C15H21NO3/c1-3-14-15(11-17)18-10-9-16(14)19-12(2)13-7-5-4-6-8-13/h4-8,11-12,14-15H,3,9-10H2,1-2H3. The average molecular weight is 263 g/mol. The van der Waals surface area contributed by atoms with E-state index in [1.54, 1.807) is 0 Å². The number of carbonyl (C=O) groups excluding carboxylic acids is 1. The number of rotatable bonds is 5. The number of hydrogen-bond donors (Lipinski definition) is 0. The van der Waals surface area contributed by atoms with Crippen molar-refractivity contribution in [1.29, 1.82) is 0 Å². The maximum absolute atomic E-state index is 11.0. The van der Waals surface area contributed by atoms with Gasteiger partial charge in [-0.25, -0.2) is 0 Å². The van der Waals surface area contributed by atoms with E-state index in [0.29, 0.717) is 13.2 Å². The molecule has 0 radical (unpaired) electrons. The van der Waals surface area contributed by atoms with E-state index in [1.165, 1.54) is 0 Å². The first-order chi connectivity index (χ1) is 9.26. The normalized spacial score (nSPS) is 26.0. The van der Waals surface area contributed by atoms with Crippen LogP contribution in [0.25, 0.3) is 0 Å². The monoisotopic (exact) mass is 263 g/mol. The molecule has 0 saturated carbocycles. The predicted octanol–water partition coefficient (Wildman–Crippen LogP) is 2.36. The zero-order valence-corrected chi connectivity index (χ0v) is 11.5. The second-order valence-electron chi connectivity index (χ2n) is 4.75. The summed E-state index contributed by atoms with van der Waals surface area (Å²) >= 11 is 0. The van der Waals surface area contributed by atoms with Crippen LogP contribution in [0.5, 0.6) is 0 Å². The highest BCUT2D eigenvalue weighted by atomic mass is 16.7. The number of morpholine rings is 1. The highest BCUT2D eigenvalue weighted by Crippen LogP contribution is 2.23. The number of hydroxylamine groups is 2. The minimum Gasteiger partial charge on any atom is -0.368 e. The van der Waals surface area contributed by atoms with Crippen LogP contribution in [0.2, 0.25) is 0 Å². The average Bonchev–Trinajstić information content (AvgIpc) is 2.47. The van der Waals surface area contributed by atoms with E-state index >= 15 is 0 Å². The number of carbonyl (C=O) groups is 1. The Morgan fingerprint density at radius 1 is 1.47 bits per heavy atom.